The maximum absolute atomic E-state index is 11.4. The fourth-order valence-corrected chi connectivity index (χ4v) is 1.95. The van der Waals surface area contributed by atoms with Gasteiger partial charge in [0.05, 0.1) is 6.61 Å². The number of hydrogen-bond donors (Lipinski definition) is 2. The van der Waals surface area contributed by atoms with Crippen LogP contribution in [0.4, 0.5) is 0 Å². The van der Waals surface area contributed by atoms with Crippen LogP contribution in [0.2, 0.25) is 0 Å². The number of benzene rings is 1. The van der Waals surface area contributed by atoms with Gasteiger partial charge in [0.1, 0.15) is 11.4 Å². The molecule has 6 heteroatoms. The van der Waals surface area contributed by atoms with Gasteiger partial charge in [-0.25, -0.2) is 0 Å². The van der Waals surface area contributed by atoms with Crippen molar-refractivity contribution >= 4 is 5.91 Å². The summed E-state index contributed by atoms with van der Waals surface area (Å²) in [7, 11) is 0. The average Bonchev–Trinajstić information content (AvgIpc) is 2.89. The number of rotatable bonds is 6. The minimum atomic E-state index is -0.617. The Morgan fingerprint density at radius 3 is 2.81 bits per heavy atom. The first-order valence-corrected chi connectivity index (χ1v) is 6.93. The van der Waals surface area contributed by atoms with Gasteiger partial charge < -0.3 is 10.5 Å². The summed E-state index contributed by atoms with van der Waals surface area (Å²) in [5.74, 6) is 0.623. The van der Waals surface area contributed by atoms with Gasteiger partial charge in [0, 0.05) is 5.56 Å². The van der Waals surface area contributed by atoms with E-state index in [1.807, 2.05) is 25.1 Å². The van der Waals surface area contributed by atoms with Crippen LogP contribution in [0, 0.1) is 12.8 Å². The summed E-state index contributed by atoms with van der Waals surface area (Å²) < 4.78 is 5.83. The van der Waals surface area contributed by atoms with Crippen LogP contribution < -0.4 is 10.5 Å². The SMILES string of the molecule is Cc1ccc(OCCC(C)C)c(-c2n[nH]nc2C(N)=O)c1. The van der Waals surface area contributed by atoms with Gasteiger partial charge in [0.15, 0.2) is 5.69 Å². The first kappa shape index (κ1) is 15.0. The molecule has 3 N–H and O–H groups in total. The molecular weight excluding hydrogens is 268 g/mol. The molecule has 112 valence electrons. The summed E-state index contributed by atoms with van der Waals surface area (Å²) in [6.07, 6.45) is 0.953. The van der Waals surface area contributed by atoms with Crippen LogP contribution in [-0.2, 0) is 0 Å². The van der Waals surface area contributed by atoms with Crippen molar-refractivity contribution in [1.82, 2.24) is 15.4 Å². The van der Waals surface area contributed by atoms with Gasteiger partial charge in [-0.1, -0.05) is 25.5 Å². The standard InChI is InChI=1S/C15H20N4O2/c1-9(2)6-7-21-12-5-4-10(3)8-11(12)13-14(15(16)20)18-19-17-13/h4-5,8-9H,6-7H2,1-3H3,(H2,16,20)(H,17,18,19). The van der Waals surface area contributed by atoms with E-state index in [2.05, 4.69) is 29.3 Å². The molecule has 1 heterocycles. The fraction of sp³-hybridized carbons (Fsp3) is 0.400. The van der Waals surface area contributed by atoms with Crippen molar-refractivity contribution in [2.45, 2.75) is 27.2 Å². The lowest BCUT2D eigenvalue weighted by Gasteiger charge is -2.12. The van der Waals surface area contributed by atoms with Crippen LogP contribution in [0.3, 0.4) is 0 Å². The lowest BCUT2D eigenvalue weighted by Crippen LogP contribution is -2.13. The number of aromatic nitrogens is 3. The molecule has 0 bridgehead atoms. The number of carbonyl (C=O) groups is 1. The number of hydrogen-bond acceptors (Lipinski definition) is 4. The van der Waals surface area contributed by atoms with Crippen LogP contribution in [-0.4, -0.2) is 27.9 Å². The van der Waals surface area contributed by atoms with E-state index in [0.717, 1.165) is 17.5 Å². The smallest absolute Gasteiger partial charge is 0.271 e. The number of primary amides is 1. The highest BCUT2D eigenvalue weighted by Crippen LogP contribution is 2.31. The average molecular weight is 288 g/mol. The van der Waals surface area contributed by atoms with Crippen molar-refractivity contribution in [1.29, 1.82) is 0 Å². The van der Waals surface area contributed by atoms with Crippen molar-refractivity contribution in [3.63, 3.8) is 0 Å². The summed E-state index contributed by atoms with van der Waals surface area (Å²) in [4.78, 5) is 11.4. The maximum Gasteiger partial charge on any atom is 0.271 e. The zero-order valence-electron chi connectivity index (χ0n) is 12.5. The second-order valence-electron chi connectivity index (χ2n) is 5.42. The minimum absolute atomic E-state index is 0.120. The Balaban J connectivity index is 2.35. The summed E-state index contributed by atoms with van der Waals surface area (Å²) >= 11 is 0. The van der Waals surface area contributed by atoms with E-state index in [1.54, 1.807) is 0 Å². The summed E-state index contributed by atoms with van der Waals surface area (Å²) in [5.41, 5.74) is 7.63. The highest BCUT2D eigenvalue weighted by molar-refractivity contribution is 5.97. The largest absolute Gasteiger partial charge is 0.493 e. The van der Waals surface area contributed by atoms with Crippen molar-refractivity contribution < 1.29 is 9.53 Å². The van der Waals surface area contributed by atoms with E-state index < -0.39 is 5.91 Å². The number of nitrogens with two attached hydrogens (primary N) is 1. The van der Waals surface area contributed by atoms with Crippen LogP contribution >= 0.6 is 0 Å². The Morgan fingerprint density at radius 1 is 1.38 bits per heavy atom. The number of nitrogens with one attached hydrogen (secondary N) is 1. The minimum Gasteiger partial charge on any atom is -0.493 e. The second kappa shape index (κ2) is 6.39. The number of ether oxygens (including phenoxy) is 1. The molecule has 6 nitrogen and oxygen atoms in total. The normalized spacial score (nSPS) is 10.9. The van der Waals surface area contributed by atoms with Gasteiger partial charge in [-0.05, 0) is 31.4 Å². The quantitative estimate of drug-likeness (QED) is 0.852. The Kier molecular flexibility index (Phi) is 4.57. The zero-order valence-corrected chi connectivity index (χ0v) is 12.5. The third-order valence-corrected chi connectivity index (χ3v) is 3.12. The molecule has 0 spiro atoms. The van der Waals surface area contributed by atoms with Crippen molar-refractivity contribution in [2.75, 3.05) is 6.61 Å². The molecule has 0 atom stereocenters. The van der Waals surface area contributed by atoms with E-state index >= 15 is 0 Å². The molecular formula is C15H20N4O2. The maximum atomic E-state index is 11.4. The molecule has 1 amide bonds. The molecule has 0 fully saturated rings. The fourth-order valence-electron chi connectivity index (χ4n) is 1.95. The molecule has 0 saturated heterocycles. The molecule has 0 aliphatic heterocycles. The molecule has 21 heavy (non-hydrogen) atoms. The highest BCUT2D eigenvalue weighted by atomic mass is 16.5. The van der Waals surface area contributed by atoms with Gasteiger partial charge >= 0.3 is 0 Å². The molecule has 0 saturated carbocycles. The molecule has 0 aliphatic carbocycles. The van der Waals surface area contributed by atoms with Crippen LogP contribution in [0.15, 0.2) is 18.2 Å². The van der Waals surface area contributed by atoms with Crippen LogP contribution in [0.1, 0.15) is 36.3 Å². The van der Waals surface area contributed by atoms with E-state index in [4.69, 9.17) is 10.5 Å². The number of H-pyrrole nitrogens is 1. The van der Waals surface area contributed by atoms with Crippen molar-refractivity contribution in [3.8, 4) is 17.0 Å². The summed E-state index contributed by atoms with van der Waals surface area (Å²) in [5, 5.41) is 10.3. The molecule has 0 radical (unpaired) electrons. The number of amides is 1. The Hall–Kier alpha value is -2.37. The topological polar surface area (TPSA) is 93.9 Å². The van der Waals surface area contributed by atoms with Crippen molar-refractivity contribution in [3.05, 3.63) is 29.5 Å². The first-order valence-electron chi connectivity index (χ1n) is 6.93. The Labute approximate surface area is 123 Å². The van der Waals surface area contributed by atoms with Crippen LogP contribution in [0.5, 0.6) is 5.75 Å². The third-order valence-electron chi connectivity index (χ3n) is 3.12. The second-order valence-corrected chi connectivity index (χ2v) is 5.42. The summed E-state index contributed by atoms with van der Waals surface area (Å²) in [6, 6.07) is 5.75. The number of carbonyl (C=O) groups excluding carboxylic acids is 1. The Morgan fingerprint density at radius 2 is 2.14 bits per heavy atom. The van der Waals surface area contributed by atoms with Gasteiger partial charge in [-0.15, -0.1) is 0 Å². The Bertz CT molecular complexity index is 634. The lowest BCUT2D eigenvalue weighted by atomic mass is 10.1. The van der Waals surface area contributed by atoms with Gasteiger partial charge in [0.2, 0.25) is 0 Å². The van der Waals surface area contributed by atoms with Gasteiger partial charge in [-0.2, -0.15) is 15.4 Å². The number of aromatic amines is 1. The first-order chi connectivity index (χ1) is 9.99. The number of aryl methyl sites for hydroxylation is 1. The predicted octanol–water partition coefficient (Wildman–Crippen LogP) is 2.30. The lowest BCUT2D eigenvalue weighted by molar-refractivity contribution is 0.0996. The molecule has 2 aromatic rings. The molecule has 0 unspecified atom stereocenters. The van der Waals surface area contributed by atoms with E-state index in [9.17, 15) is 4.79 Å². The van der Waals surface area contributed by atoms with Crippen LogP contribution in [0.25, 0.3) is 11.3 Å². The van der Waals surface area contributed by atoms with Gasteiger partial charge in [0.25, 0.3) is 5.91 Å². The molecule has 0 aliphatic rings. The van der Waals surface area contributed by atoms with E-state index in [1.165, 1.54) is 0 Å². The van der Waals surface area contributed by atoms with E-state index in [-0.39, 0.29) is 5.69 Å². The number of nitrogens with zero attached hydrogens (tertiary/aromatic N) is 2. The molecule has 1 aromatic heterocycles. The van der Waals surface area contributed by atoms with Crippen molar-refractivity contribution in [2.24, 2.45) is 11.7 Å². The third kappa shape index (κ3) is 3.59. The van der Waals surface area contributed by atoms with E-state index in [0.29, 0.717) is 24.0 Å². The van der Waals surface area contributed by atoms with Gasteiger partial charge in [-0.3, -0.25) is 4.79 Å². The molecule has 2 rings (SSSR count). The molecule has 1 aromatic carbocycles. The zero-order chi connectivity index (χ0) is 15.4. The monoisotopic (exact) mass is 288 g/mol. The predicted molar refractivity (Wildman–Crippen MR) is 80.0 cm³/mol. The highest BCUT2D eigenvalue weighted by Gasteiger charge is 2.19. The summed E-state index contributed by atoms with van der Waals surface area (Å²) in [6.45, 7) is 6.85.